The summed E-state index contributed by atoms with van der Waals surface area (Å²) >= 11 is 7.94. The number of aliphatic hydroxyl groups is 1. The van der Waals surface area contributed by atoms with Crippen LogP contribution >= 0.6 is 23.4 Å². The second kappa shape index (κ2) is 6.60. The van der Waals surface area contributed by atoms with Crippen LogP contribution in [-0.2, 0) is 12.4 Å². The van der Waals surface area contributed by atoms with Gasteiger partial charge in [0.05, 0.1) is 11.6 Å². The molecule has 1 aliphatic heterocycles. The fourth-order valence-corrected chi connectivity index (χ4v) is 3.22. The van der Waals surface area contributed by atoms with E-state index in [1.165, 1.54) is 0 Å². The fourth-order valence-electron chi connectivity index (χ4n) is 2.11. The number of rotatable bonds is 4. The molecule has 0 aromatic heterocycles. The van der Waals surface area contributed by atoms with E-state index in [2.05, 4.69) is 0 Å². The van der Waals surface area contributed by atoms with Crippen LogP contribution in [0.2, 0.25) is 5.02 Å². The third-order valence-corrected chi connectivity index (χ3v) is 4.53. The molecule has 3 rings (SSSR count). The maximum atomic E-state index is 9.03. The molecule has 0 bridgehead atoms. The van der Waals surface area contributed by atoms with Crippen LogP contribution in [0.15, 0.2) is 41.3 Å². The zero-order chi connectivity index (χ0) is 14.7. The summed E-state index contributed by atoms with van der Waals surface area (Å²) in [5.74, 6) is 2.17. The molecule has 1 N–H and O–H groups in total. The Morgan fingerprint density at radius 3 is 2.57 bits per heavy atom. The Morgan fingerprint density at radius 2 is 1.81 bits per heavy atom. The van der Waals surface area contributed by atoms with Gasteiger partial charge in [0.1, 0.15) is 13.2 Å². The van der Waals surface area contributed by atoms with E-state index in [1.807, 2.05) is 36.4 Å². The molecule has 0 spiro atoms. The maximum absolute atomic E-state index is 9.03. The number of ether oxygens (including phenoxy) is 2. The molecule has 2 aromatic carbocycles. The predicted molar refractivity (Wildman–Crippen MR) is 84.4 cm³/mol. The van der Waals surface area contributed by atoms with E-state index in [0.29, 0.717) is 24.0 Å². The van der Waals surface area contributed by atoms with Gasteiger partial charge in [-0.25, -0.2) is 0 Å². The lowest BCUT2D eigenvalue weighted by molar-refractivity contribution is 0.171. The highest BCUT2D eigenvalue weighted by atomic mass is 35.5. The first-order chi connectivity index (χ1) is 10.3. The molecule has 3 nitrogen and oxygen atoms in total. The van der Waals surface area contributed by atoms with E-state index in [4.69, 9.17) is 26.2 Å². The zero-order valence-corrected chi connectivity index (χ0v) is 12.9. The van der Waals surface area contributed by atoms with Crippen molar-refractivity contribution in [3.05, 3.63) is 52.5 Å². The third-order valence-electron chi connectivity index (χ3n) is 3.17. The van der Waals surface area contributed by atoms with Crippen molar-refractivity contribution in [3.8, 4) is 11.5 Å². The number of hydrogen-bond donors (Lipinski definition) is 1. The molecule has 2 aromatic rings. The van der Waals surface area contributed by atoms with E-state index in [9.17, 15) is 0 Å². The Morgan fingerprint density at radius 1 is 1.05 bits per heavy atom. The molecule has 0 saturated heterocycles. The molecular weight excluding hydrogens is 308 g/mol. The highest BCUT2D eigenvalue weighted by Crippen LogP contribution is 2.39. The van der Waals surface area contributed by atoms with Gasteiger partial charge in [-0.3, -0.25) is 0 Å². The number of hydrogen-bond acceptors (Lipinski definition) is 4. The summed E-state index contributed by atoms with van der Waals surface area (Å²) in [6.45, 7) is 1.17. The Kier molecular flexibility index (Phi) is 4.58. The van der Waals surface area contributed by atoms with Crippen molar-refractivity contribution in [2.75, 3.05) is 13.2 Å². The molecule has 21 heavy (non-hydrogen) atoms. The molecule has 5 heteroatoms. The van der Waals surface area contributed by atoms with Crippen molar-refractivity contribution in [1.82, 2.24) is 0 Å². The summed E-state index contributed by atoms with van der Waals surface area (Å²) in [6, 6.07) is 11.8. The van der Waals surface area contributed by atoms with Crippen molar-refractivity contribution in [1.29, 1.82) is 0 Å². The summed E-state index contributed by atoms with van der Waals surface area (Å²) in [6.07, 6.45) is 0. The van der Waals surface area contributed by atoms with Gasteiger partial charge < -0.3 is 14.6 Å². The minimum absolute atomic E-state index is 0.0721. The summed E-state index contributed by atoms with van der Waals surface area (Å²) < 4.78 is 11.1. The first kappa shape index (κ1) is 14.6. The monoisotopic (exact) mass is 322 g/mol. The molecule has 0 unspecified atom stereocenters. The van der Waals surface area contributed by atoms with Crippen LogP contribution in [-0.4, -0.2) is 18.3 Å². The molecule has 0 atom stereocenters. The van der Waals surface area contributed by atoms with Crippen molar-refractivity contribution in [3.63, 3.8) is 0 Å². The lowest BCUT2D eigenvalue weighted by Gasteiger charge is -2.20. The molecule has 0 saturated carbocycles. The smallest absolute Gasteiger partial charge is 0.179 e. The topological polar surface area (TPSA) is 38.7 Å². The van der Waals surface area contributed by atoms with Crippen LogP contribution in [0.25, 0.3) is 0 Å². The Bertz CT molecular complexity index is 628. The highest BCUT2D eigenvalue weighted by Gasteiger charge is 2.16. The number of halogens is 1. The second-order valence-corrected chi connectivity index (χ2v) is 6.15. The van der Waals surface area contributed by atoms with Gasteiger partial charge in [0.2, 0.25) is 0 Å². The molecule has 0 fully saturated rings. The summed E-state index contributed by atoms with van der Waals surface area (Å²) in [7, 11) is 0. The average Bonchev–Trinajstić information content (AvgIpc) is 2.53. The summed E-state index contributed by atoms with van der Waals surface area (Å²) in [4.78, 5) is 1.15. The number of fused-ring (bicyclic) bond motifs is 1. The number of benzene rings is 2. The van der Waals surface area contributed by atoms with Crippen molar-refractivity contribution < 1.29 is 14.6 Å². The summed E-state index contributed by atoms with van der Waals surface area (Å²) in [5, 5.41) is 9.63. The van der Waals surface area contributed by atoms with E-state index < -0.39 is 0 Å². The second-order valence-electron chi connectivity index (χ2n) is 4.69. The molecule has 1 heterocycles. The molecule has 0 amide bonds. The van der Waals surface area contributed by atoms with E-state index >= 15 is 0 Å². The number of thioether (sulfide) groups is 1. The SMILES string of the molecule is OCc1ccc(SCc2cc(Cl)c3c(c2)OCCO3)cc1. The van der Waals surface area contributed by atoms with E-state index in [-0.39, 0.29) is 6.61 Å². The van der Waals surface area contributed by atoms with Crippen LogP contribution in [0.3, 0.4) is 0 Å². The average molecular weight is 323 g/mol. The van der Waals surface area contributed by atoms with Gasteiger partial charge in [0, 0.05) is 10.6 Å². The minimum Gasteiger partial charge on any atom is -0.486 e. The molecular formula is C16H15ClO3S. The van der Waals surface area contributed by atoms with Gasteiger partial charge in [0.15, 0.2) is 11.5 Å². The normalized spacial score (nSPS) is 13.2. The van der Waals surface area contributed by atoms with Crippen LogP contribution in [0.1, 0.15) is 11.1 Å². The molecule has 110 valence electrons. The van der Waals surface area contributed by atoms with Crippen LogP contribution in [0.4, 0.5) is 0 Å². The van der Waals surface area contributed by atoms with Gasteiger partial charge in [-0.2, -0.15) is 0 Å². The first-order valence-corrected chi connectivity index (χ1v) is 8.03. The Hall–Kier alpha value is -1.36. The predicted octanol–water partition coefficient (Wildman–Crippen LogP) is 3.90. The van der Waals surface area contributed by atoms with Crippen molar-refractivity contribution in [2.45, 2.75) is 17.3 Å². The van der Waals surface area contributed by atoms with Crippen molar-refractivity contribution in [2.24, 2.45) is 0 Å². The van der Waals surface area contributed by atoms with Crippen molar-refractivity contribution >= 4 is 23.4 Å². The van der Waals surface area contributed by atoms with E-state index in [1.54, 1.807) is 11.8 Å². The Labute approximate surface area is 132 Å². The van der Waals surface area contributed by atoms with Gasteiger partial charge in [-0.15, -0.1) is 11.8 Å². The lowest BCUT2D eigenvalue weighted by atomic mass is 10.2. The van der Waals surface area contributed by atoms with Gasteiger partial charge >= 0.3 is 0 Å². The molecule has 1 aliphatic rings. The van der Waals surface area contributed by atoms with E-state index in [0.717, 1.165) is 27.5 Å². The van der Waals surface area contributed by atoms with Crippen LogP contribution < -0.4 is 9.47 Å². The fraction of sp³-hybridized carbons (Fsp3) is 0.250. The van der Waals surface area contributed by atoms with Gasteiger partial charge in [-0.1, -0.05) is 23.7 Å². The zero-order valence-electron chi connectivity index (χ0n) is 11.3. The van der Waals surface area contributed by atoms with Gasteiger partial charge in [-0.05, 0) is 35.4 Å². The van der Waals surface area contributed by atoms with Crippen LogP contribution in [0, 0.1) is 0 Å². The Balaban J connectivity index is 1.71. The van der Waals surface area contributed by atoms with Gasteiger partial charge in [0.25, 0.3) is 0 Å². The largest absolute Gasteiger partial charge is 0.486 e. The number of aliphatic hydroxyl groups excluding tert-OH is 1. The highest BCUT2D eigenvalue weighted by molar-refractivity contribution is 7.98. The third kappa shape index (κ3) is 3.46. The minimum atomic E-state index is 0.0721. The quantitative estimate of drug-likeness (QED) is 0.867. The standard InChI is InChI=1S/C16H15ClO3S/c17-14-7-12(8-15-16(14)20-6-5-19-15)10-21-13-3-1-11(9-18)2-4-13/h1-4,7-8,18H,5-6,9-10H2. The first-order valence-electron chi connectivity index (χ1n) is 6.67. The summed E-state index contributed by atoms with van der Waals surface area (Å²) in [5.41, 5.74) is 2.02. The molecule has 0 radical (unpaired) electrons. The lowest BCUT2D eigenvalue weighted by Crippen LogP contribution is -2.15. The molecule has 0 aliphatic carbocycles. The van der Waals surface area contributed by atoms with Crippen LogP contribution in [0.5, 0.6) is 11.5 Å². The maximum Gasteiger partial charge on any atom is 0.179 e.